The highest BCUT2D eigenvalue weighted by Gasteiger charge is 2.21. The molecule has 0 aliphatic carbocycles. The molecule has 1 atom stereocenters. The summed E-state index contributed by atoms with van der Waals surface area (Å²) in [4.78, 5) is 24.6. The molecule has 0 aliphatic heterocycles. The van der Waals surface area contributed by atoms with E-state index in [9.17, 15) is 9.59 Å². The minimum absolute atomic E-state index is 0.0597. The molecule has 2 aromatic rings. The molecule has 0 saturated carbocycles. The van der Waals surface area contributed by atoms with Gasteiger partial charge in [0.25, 0.3) is 0 Å². The Morgan fingerprint density at radius 3 is 2.48 bits per heavy atom. The summed E-state index contributed by atoms with van der Waals surface area (Å²) in [6.07, 6.45) is 2.69. The molecular weight excluding hydrogens is 418 g/mol. The maximum Gasteiger partial charge on any atom is 0.407 e. The van der Waals surface area contributed by atoms with E-state index >= 15 is 0 Å². The maximum atomic E-state index is 12.3. The van der Waals surface area contributed by atoms with Crippen molar-refractivity contribution in [1.29, 1.82) is 0 Å². The second-order valence-electron chi connectivity index (χ2n) is 7.85. The molecule has 1 N–H and O–H groups in total. The lowest BCUT2D eigenvalue weighted by Crippen LogP contribution is -2.37. The number of halogens is 1. The van der Waals surface area contributed by atoms with E-state index in [1.165, 1.54) is 0 Å². The molecule has 0 saturated heterocycles. The summed E-state index contributed by atoms with van der Waals surface area (Å²) in [5.74, 6) is 0.199. The van der Waals surface area contributed by atoms with Gasteiger partial charge in [-0.15, -0.1) is 0 Å². The summed E-state index contributed by atoms with van der Waals surface area (Å²) in [7, 11) is 1.56. The van der Waals surface area contributed by atoms with Crippen LogP contribution in [0.25, 0.3) is 6.08 Å². The fraction of sp³-hybridized carbons (Fsp3) is 0.333. The number of alkyl carbamates (subject to hydrolysis) is 1. The summed E-state index contributed by atoms with van der Waals surface area (Å²) >= 11 is 6.24. The van der Waals surface area contributed by atoms with Crippen molar-refractivity contribution in [3.05, 3.63) is 70.8 Å². The first-order valence-corrected chi connectivity index (χ1v) is 10.2. The first kappa shape index (κ1) is 24.3. The van der Waals surface area contributed by atoms with Crippen molar-refractivity contribution in [3.8, 4) is 5.75 Å². The molecule has 0 aliphatic rings. The molecule has 7 heteroatoms. The Bertz CT molecular complexity index is 906. The minimum Gasteiger partial charge on any atom is -0.497 e. The molecule has 0 heterocycles. The third kappa shape index (κ3) is 9.13. The second-order valence-corrected chi connectivity index (χ2v) is 8.26. The van der Waals surface area contributed by atoms with Gasteiger partial charge in [-0.1, -0.05) is 54.1 Å². The van der Waals surface area contributed by atoms with Gasteiger partial charge in [-0.05, 0) is 50.1 Å². The predicted molar refractivity (Wildman–Crippen MR) is 121 cm³/mol. The van der Waals surface area contributed by atoms with Gasteiger partial charge in [0.15, 0.2) is 0 Å². The Hall–Kier alpha value is -2.99. The van der Waals surface area contributed by atoms with Gasteiger partial charge in [-0.2, -0.15) is 0 Å². The van der Waals surface area contributed by atoms with Crippen LogP contribution < -0.4 is 10.1 Å². The molecule has 0 fully saturated rings. The van der Waals surface area contributed by atoms with Gasteiger partial charge in [0, 0.05) is 5.02 Å². The average molecular weight is 446 g/mol. The molecule has 2 rings (SSSR count). The number of amides is 1. The molecular formula is C24H28ClNO5. The normalized spacial score (nSPS) is 12.3. The van der Waals surface area contributed by atoms with Crippen molar-refractivity contribution in [2.24, 2.45) is 0 Å². The van der Waals surface area contributed by atoms with E-state index in [-0.39, 0.29) is 13.0 Å². The van der Waals surface area contributed by atoms with E-state index in [0.717, 1.165) is 5.56 Å². The summed E-state index contributed by atoms with van der Waals surface area (Å²) < 4.78 is 15.9. The van der Waals surface area contributed by atoms with Crippen LogP contribution in [0.15, 0.2) is 54.6 Å². The van der Waals surface area contributed by atoms with E-state index in [2.05, 4.69) is 5.32 Å². The maximum absolute atomic E-state index is 12.3. The second kappa shape index (κ2) is 11.4. The molecule has 0 unspecified atom stereocenters. The largest absolute Gasteiger partial charge is 0.497 e. The van der Waals surface area contributed by atoms with Crippen LogP contribution in [0.1, 0.15) is 38.3 Å². The lowest BCUT2D eigenvalue weighted by Gasteiger charge is -2.21. The van der Waals surface area contributed by atoms with E-state index in [1.54, 1.807) is 58.2 Å². The number of carbonyl (C=O) groups is 2. The number of rotatable bonds is 8. The van der Waals surface area contributed by atoms with Crippen LogP contribution in [0.5, 0.6) is 5.75 Å². The fourth-order valence-electron chi connectivity index (χ4n) is 2.64. The Balaban J connectivity index is 2.10. The standard InChI is InChI=1S/C24H28ClNO5/c1-24(2,3)31-22(27)15-19(11-10-18-14-20(29-4)12-13-21(18)25)26-23(28)30-16-17-8-6-5-7-9-17/h5-14,19H,15-16H2,1-4H3,(H,26,28)/t19-/m0/s1. The van der Waals surface area contributed by atoms with Gasteiger partial charge < -0.3 is 19.5 Å². The number of hydrogen-bond acceptors (Lipinski definition) is 5. The van der Waals surface area contributed by atoms with Crippen molar-refractivity contribution >= 4 is 29.7 Å². The number of esters is 1. The highest BCUT2D eigenvalue weighted by atomic mass is 35.5. The molecule has 0 aromatic heterocycles. The first-order chi connectivity index (χ1) is 14.7. The zero-order valence-electron chi connectivity index (χ0n) is 18.2. The van der Waals surface area contributed by atoms with Crippen LogP contribution in [-0.4, -0.2) is 30.8 Å². The molecule has 0 bridgehead atoms. The molecule has 6 nitrogen and oxygen atoms in total. The van der Waals surface area contributed by atoms with Gasteiger partial charge in [0.2, 0.25) is 0 Å². The predicted octanol–water partition coefficient (Wildman–Crippen LogP) is 5.39. The van der Waals surface area contributed by atoms with Gasteiger partial charge in [-0.25, -0.2) is 4.79 Å². The van der Waals surface area contributed by atoms with Crippen LogP contribution in [0.4, 0.5) is 4.79 Å². The van der Waals surface area contributed by atoms with Crippen molar-refractivity contribution in [1.82, 2.24) is 5.32 Å². The Morgan fingerprint density at radius 2 is 1.84 bits per heavy atom. The van der Waals surface area contributed by atoms with Gasteiger partial charge in [-0.3, -0.25) is 4.79 Å². The number of hydrogen-bond donors (Lipinski definition) is 1. The van der Waals surface area contributed by atoms with E-state index < -0.39 is 23.7 Å². The zero-order chi connectivity index (χ0) is 22.9. The molecule has 1 amide bonds. The van der Waals surface area contributed by atoms with Crippen molar-refractivity contribution < 1.29 is 23.8 Å². The number of methoxy groups -OCH3 is 1. The van der Waals surface area contributed by atoms with Crippen molar-refractivity contribution in [3.63, 3.8) is 0 Å². The fourth-order valence-corrected chi connectivity index (χ4v) is 2.82. The topological polar surface area (TPSA) is 73.9 Å². The van der Waals surface area contributed by atoms with Crippen molar-refractivity contribution in [2.75, 3.05) is 7.11 Å². The highest BCUT2D eigenvalue weighted by molar-refractivity contribution is 6.32. The molecule has 0 radical (unpaired) electrons. The number of nitrogens with one attached hydrogen (secondary N) is 1. The molecule has 0 spiro atoms. The van der Waals surface area contributed by atoms with Crippen LogP contribution in [0, 0.1) is 0 Å². The zero-order valence-corrected chi connectivity index (χ0v) is 18.9. The summed E-state index contributed by atoms with van der Waals surface area (Å²) in [5, 5.41) is 3.21. The SMILES string of the molecule is COc1ccc(Cl)c(C=C[C@@H](CC(=O)OC(C)(C)C)NC(=O)OCc2ccccc2)c1. The Kier molecular flexibility index (Phi) is 8.94. The molecule has 166 valence electrons. The number of benzene rings is 2. The van der Waals surface area contributed by atoms with Gasteiger partial charge >= 0.3 is 12.1 Å². The minimum atomic E-state index is -0.652. The van der Waals surface area contributed by atoms with E-state index in [0.29, 0.717) is 16.3 Å². The lowest BCUT2D eigenvalue weighted by molar-refractivity contribution is -0.155. The summed E-state index contributed by atoms with van der Waals surface area (Å²) in [6, 6.07) is 13.9. The summed E-state index contributed by atoms with van der Waals surface area (Å²) in [6.45, 7) is 5.48. The van der Waals surface area contributed by atoms with Gasteiger partial charge in [0.05, 0.1) is 19.6 Å². The van der Waals surface area contributed by atoms with E-state index in [4.69, 9.17) is 25.8 Å². The third-order valence-electron chi connectivity index (χ3n) is 4.03. The molecule has 31 heavy (non-hydrogen) atoms. The van der Waals surface area contributed by atoms with Crippen molar-refractivity contribution in [2.45, 2.75) is 45.4 Å². The van der Waals surface area contributed by atoms with Crippen LogP contribution in [0.2, 0.25) is 5.02 Å². The van der Waals surface area contributed by atoms with Gasteiger partial charge in [0.1, 0.15) is 18.0 Å². The van der Waals surface area contributed by atoms with Crippen LogP contribution in [-0.2, 0) is 20.9 Å². The van der Waals surface area contributed by atoms with Crippen LogP contribution >= 0.6 is 11.6 Å². The smallest absolute Gasteiger partial charge is 0.407 e. The summed E-state index contributed by atoms with van der Waals surface area (Å²) in [5.41, 5.74) is 0.921. The van der Waals surface area contributed by atoms with E-state index in [1.807, 2.05) is 30.3 Å². The van der Waals surface area contributed by atoms with Crippen LogP contribution in [0.3, 0.4) is 0 Å². The number of carbonyl (C=O) groups excluding carboxylic acids is 2. The average Bonchev–Trinajstić information content (AvgIpc) is 2.71. The monoisotopic (exact) mass is 445 g/mol. The highest BCUT2D eigenvalue weighted by Crippen LogP contribution is 2.23. The number of ether oxygens (including phenoxy) is 3. The quantitative estimate of drug-likeness (QED) is 0.551. The Morgan fingerprint density at radius 1 is 1.13 bits per heavy atom. The Labute approximate surface area is 188 Å². The first-order valence-electron chi connectivity index (χ1n) is 9.87. The molecule has 2 aromatic carbocycles. The third-order valence-corrected chi connectivity index (χ3v) is 4.38. The lowest BCUT2D eigenvalue weighted by atomic mass is 10.1.